The van der Waals surface area contributed by atoms with Crippen molar-refractivity contribution in [2.45, 2.75) is 24.9 Å². The number of piperidine rings is 1. The normalized spacial score (nSPS) is 18.0. The average Bonchev–Trinajstić information content (AvgIpc) is 3.34. The van der Waals surface area contributed by atoms with Crippen LogP contribution in [-0.4, -0.2) is 70.1 Å². The van der Waals surface area contributed by atoms with Gasteiger partial charge in [0.15, 0.2) is 5.69 Å². The van der Waals surface area contributed by atoms with Crippen molar-refractivity contribution in [3.8, 4) is 0 Å². The Kier molecular flexibility index (Phi) is 4.91. The van der Waals surface area contributed by atoms with Gasteiger partial charge >= 0.3 is 5.97 Å². The van der Waals surface area contributed by atoms with Crippen LogP contribution in [-0.2, 0) is 20.9 Å². The van der Waals surface area contributed by atoms with Gasteiger partial charge in [0.1, 0.15) is 12.1 Å². The molecule has 4 rings (SSSR count). The summed E-state index contributed by atoms with van der Waals surface area (Å²) in [5, 5.41) is 10.5. The first-order valence-corrected chi connectivity index (χ1v) is 9.41. The smallest absolute Gasteiger partial charge is 0.360 e. The molecule has 3 heterocycles. The maximum atomic E-state index is 12.7. The van der Waals surface area contributed by atoms with Crippen molar-refractivity contribution >= 4 is 23.5 Å². The van der Waals surface area contributed by atoms with E-state index in [1.165, 1.54) is 18.0 Å². The van der Waals surface area contributed by atoms with Crippen LogP contribution in [0.25, 0.3) is 0 Å². The number of esters is 1. The van der Waals surface area contributed by atoms with Crippen molar-refractivity contribution in [1.29, 1.82) is 0 Å². The highest BCUT2D eigenvalue weighted by Crippen LogP contribution is 2.36. The lowest BCUT2D eigenvalue weighted by molar-refractivity contribution is -0.136. The number of nitrogens with one attached hydrogen (secondary N) is 1. The molecule has 1 aromatic carbocycles. The third-order valence-corrected chi connectivity index (χ3v) is 5.58. The molecule has 2 aliphatic rings. The van der Waals surface area contributed by atoms with Crippen molar-refractivity contribution in [2.24, 2.45) is 0 Å². The molecule has 2 saturated heterocycles. The number of methoxy groups -OCH3 is 1. The van der Waals surface area contributed by atoms with E-state index in [4.69, 9.17) is 0 Å². The number of amides is 2. The Morgan fingerprint density at radius 2 is 1.93 bits per heavy atom. The Bertz CT molecular complexity index is 920. The first-order chi connectivity index (χ1) is 14.0. The third-order valence-electron chi connectivity index (χ3n) is 5.58. The summed E-state index contributed by atoms with van der Waals surface area (Å²) in [5.74, 6) is -0.727. The number of nitrogens with zero attached hydrogens (tertiary/aromatic N) is 5. The van der Waals surface area contributed by atoms with Gasteiger partial charge in [-0.25, -0.2) is 9.48 Å². The summed E-state index contributed by atoms with van der Waals surface area (Å²) in [6.45, 7) is 1.37. The van der Waals surface area contributed by atoms with E-state index in [1.807, 2.05) is 30.3 Å². The predicted octanol–water partition coefficient (Wildman–Crippen LogP) is 0.0198. The minimum Gasteiger partial charge on any atom is -0.464 e. The zero-order chi connectivity index (χ0) is 20.4. The van der Waals surface area contributed by atoms with Crippen LogP contribution in [0.4, 0.5) is 5.69 Å². The number of anilines is 1. The monoisotopic (exact) mass is 398 g/mol. The molecule has 152 valence electrons. The molecular weight excluding hydrogens is 376 g/mol. The average molecular weight is 398 g/mol. The molecule has 10 heteroatoms. The second-order valence-corrected chi connectivity index (χ2v) is 7.13. The quantitative estimate of drug-likeness (QED) is 0.723. The largest absolute Gasteiger partial charge is 0.464 e. The molecule has 0 atom stereocenters. The van der Waals surface area contributed by atoms with Gasteiger partial charge in [0.05, 0.1) is 20.0 Å². The zero-order valence-corrected chi connectivity index (χ0v) is 16.1. The molecule has 2 amide bonds. The number of ether oxygens (including phenoxy) is 1. The minimum absolute atomic E-state index is 0.00690. The van der Waals surface area contributed by atoms with Gasteiger partial charge in [0, 0.05) is 18.8 Å². The van der Waals surface area contributed by atoms with E-state index in [-0.39, 0.29) is 24.1 Å². The number of carbonyl (C=O) groups excluding carboxylic acids is 3. The van der Waals surface area contributed by atoms with Gasteiger partial charge in [-0.2, -0.15) is 0 Å². The van der Waals surface area contributed by atoms with Gasteiger partial charge in [-0.3, -0.25) is 9.59 Å². The van der Waals surface area contributed by atoms with Crippen molar-refractivity contribution in [3.05, 3.63) is 42.2 Å². The molecule has 0 saturated carbocycles. The molecule has 0 bridgehead atoms. The van der Waals surface area contributed by atoms with Gasteiger partial charge in [-0.05, 0) is 25.0 Å². The van der Waals surface area contributed by atoms with Crippen molar-refractivity contribution in [3.63, 3.8) is 0 Å². The van der Waals surface area contributed by atoms with Crippen LogP contribution in [0, 0.1) is 0 Å². The second kappa shape index (κ2) is 7.53. The Labute approximate surface area is 167 Å². The molecule has 1 N–H and O–H groups in total. The van der Waals surface area contributed by atoms with Crippen molar-refractivity contribution in [1.82, 2.24) is 25.2 Å². The van der Waals surface area contributed by atoms with Gasteiger partial charge in [0.2, 0.25) is 11.8 Å². The summed E-state index contributed by atoms with van der Waals surface area (Å²) in [4.78, 5) is 40.6. The summed E-state index contributed by atoms with van der Waals surface area (Å²) in [7, 11) is 1.26. The number of carbonyl (C=O) groups is 3. The maximum absolute atomic E-state index is 12.7. The molecule has 1 spiro atoms. The number of para-hydroxylation sites is 1. The lowest BCUT2D eigenvalue weighted by Crippen LogP contribution is -2.57. The van der Waals surface area contributed by atoms with E-state index < -0.39 is 11.5 Å². The van der Waals surface area contributed by atoms with Crippen molar-refractivity contribution < 1.29 is 19.1 Å². The Morgan fingerprint density at radius 3 is 2.62 bits per heavy atom. The molecule has 0 unspecified atom stereocenters. The van der Waals surface area contributed by atoms with Gasteiger partial charge in [-0.1, -0.05) is 23.4 Å². The molecule has 2 aromatic rings. The number of hydrogen-bond donors (Lipinski definition) is 1. The summed E-state index contributed by atoms with van der Waals surface area (Å²) in [5.41, 5.74) is 0.409. The molecule has 0 radical (unpaired) electrons. The van der Waals surface area contributed by atoms with Crippen LogP contribution in [0.5, 0.6) is 0 Å². The number of aromatic nitrogens is 3. The summed E-state index contributed by atoms with van der Waals surface area (Å²) in [6, 6.07) is 9.82. The van der Waals surface area contributed by atoms with Crippen LogP contribution in [0.15, 0.2) is 36.5 Å². The fourth-order valence-electron chi connectivity index (χ4n) is 3.97. The SMILES string of the molecule is COC(=O)c1cn(CC(=O)N2CCC3(CC2)C(=O)NCN3c2ccccc2)nn1. The Hall–Kier alpha value is -3.43. The molecule has 1 aromatic heterocycles. The fraction of sp³-hybridized carbons (Fsp3) is 0.421. The highest BCUT2D eigenvalue weighted by Gasteiger charge is 2.50. The Balaban J connectivity index is 1.42. The molecule has 10 nitrogen and oxygen atoms in total. The topological polar surface area (TPSA) is 110 Å². The van der Waals surface area contributed by atoms with Crippen LogP contribution in [0.1, 0.15) is 23.3 Å². The first-order valence-electron chi connectivity index (χ1n) is 9.41. The Morgan fingerprint density at radius 1 is 1.21 bits per heavy atom. The summed E-state index contributed by atoms with van der Waals surface area (Å²) in [6.07, 6.45) is 2.48. The number of hydrogen-bond acceptors (Lipinski definition) is 7. The predicted molar refractivity (Wildman–Crippen MR) is 102 cm³/mol. The second-order valence-electron chi connectivity index (χ2n) is 7.13. The highest BCUT2D eigenvalue weighted by molar-refractivity contribution is 5.93. The van der Waals surface area contributed by atoms with E-state index in [1.54, 1.807) is 4.90 Å². The van der Waals surface area contributed by atoms with E-state index in [0.717, 1.165) is 5.69 Å². The zero-order valence-electron chi connectivity index (χ0n) is 16.1. The number of rotatable bonds is 4. The lowest BCUT2D eigenvalue weighted by Gasteiger charge is -2.43. The van der Waals surface area contributed by atoms with E-state index in [0.29, 0.717) is 32.6 Å². The van der Waals surface area contributed by atoms with E-state index in [9.17, 15) is 14.4 Å². The van der Waals surface area contributed by atoms with Gasteiger partial charge < -0.3 is 19.9 Å². The van der Waals surface area contributed by atoms with Crippen LogP contribution < -0.4 is 10.2 Å². The van der Waals surface area contributed by atoms with Gasteiger partial charge in [-0.15, -0.1) is 5.10 Å². The van der Waals surface area contributed by atoms with E-state index >= 15 is 0 Å². The van der Waals surface area contributed by atoms with Crippen LogP contribution >= 0.6 is 0 Å². The summed E-state index contributed by atoms with van der Waals surface area (Å²) < 4.78 is 5.91. The van der Waals surface area contributed by atoms with Crippen LogP contribution in [0.2, 0.25) is 0 Å². The standard InChI is InChI=1S/C19H22N6O4/c1-29-17(27)15-11-24(22-21-15)12-16(26)23-9-7-19(8-10-23)18(28)20-13-25(19)14-5-3-2-4-6-14/h2-6,11H,7-10,12-13H2,1H3,(H,20,28). The minimum atomic E-state index is -0.635. The van der Waals surface area contributed by atoms with Crippen LogP contribution in [0.3, 0.4) is 0 Å². The summed E-state index contributed by atoms with van der Waals surface area (Å²) >= 11 is 0. The number of benzene rings is 1. The fourth-order valence-corrected chi connectivity index (χ4v) is 3.97. The molecule has 29 heavy (non-hydrogen) atoms. The lowest BCUT2D eigenvalue weighted by atomic mass is 9.85. The highest BCUT2D eigenvalue weighted by atomic mass is 16.5. The molecule has 2 fully saturated rings. The van der Waals surface area contributed by atoms with Gasteiger partial charge in [0.25, 0.3) is 0 Å². The van der Waals surface area contributed by atoms with E-state index in [2.05, 4.69) is 25.3 Å². The molecular formula is C19H22N6O4. The molecule has 2 aliphatic heterocycles. The maximum Gasteiger partial charge on any atom is 0.360 e. The van der Waals surface area contributed by atoms with Crippen molar-refractivity contribution in [2.75, 3.05) is 31.8 Å². The first kappa shape index (κ1) is 18.9. The number of likely N-dealkylation sites (tertiary alicyclic amines) is 1. The molecule has 0 aliphatic carbocycles. The third kappa shape index (κ3) is 3.41.